The lowest BCUT2D eigenvalue weighted by Crippen LogP contribution is -2.61. The molecule has 3 aromatic carbocycles. The van der Waals surface area contributed by atoms with Gasteiger partial charge in [0.05, 0.1) is 24.9 Å². The smallest absolute Gasteiger partial charge is 0.407 e. The molecule has 284 valence electrons. The quantitative estimate of drug-likeness (QED) is 0.172. The Balaban J connectivity index is 1.27. The number of carbonyl (C=O) groups excluding carboxylic acids is 2. The fraction of sp³-hybridized carbons (Fsp3) is 0.500. The molecule has 0 radical (unpaired) electrons. The molecule has 0 unspecified atom stereocenters. The van der Waals surface area contributed by atoms with Gasteiger partial charge in [0.2, 0.25) is 5.91 Å². The van der Waals surface area contributed by atoms with Crippen molar-refractivity contribution in [3.05, 3.63) is 108 Å². The average Bonchev–Trinajstić information content (AvgIpc) is 3.16. The van der Waals surface area contributed by atoms with E-state index in [-0.39, 0.29) is 48.8 Å². The highest BCUT2D eigenvalue weighted by Gasteiger charge is 2.46. The summed E-state index contributed by atoms with van der Waals surface area (Å²) in [7, 11) is 0. The molecule has 1 aliphatic carbocycles. The first-order chi connectivity index (χ1) is 25.5. The van der Waals surface area contributed by atoms with Crippen molar-refractivity contribution < 1.29 is 28.9 Å². The SMILES string of the molecule is C=CCOC(=O)NCc1ccccc1-c1ccc([C@@H]2O[C@H](CN3[C@@H](C(=O)NC(C)(C)C)CC[C@H]4CCCC[C@H]43)[C@H](C)[C@H](c3ccc(CO)cc3)O2)cc1. The zero-order chi connectivity index (χ0) is 37.5. The van der Waals surface area contributed by atoms with E-state index < -0.39 is 12.4 Å². The first-order valence-electron chi connectivity index (χ1n) is 19.3. The lowest BCUT2D eigenvalue weighted by Gasteiger charge is -2.51. The second kappa shape index (κ2) is 17.4. The lowest BCUT2D eigenvalue weighted by atomic mass is 9.75. The van der Waals surface area contributed by atoms with Crippen LogP contribution < -0.4 is 10.6 Å². The van der Waals surface area contributed by atoms with Crippen LogP contribution in [0.4, 0.5) is 4.79 Å². The molecule has 3 fully saturated rings. The van der Waals surface area contributed by atoms with Crippen molar-refractivity contribution >= 4 is 12.0 Å². The summed E-state index contributed by atoms with van der Waals surface area (Å²) in [5, 5.41) is 15.8. The molecule has 7 atom stereocenters. The Labute approximate surface area is 315 Å². The van der Waals surface area contributed by atoms with E-state index >= 15 is 0 Å². The van der Waals surface area contributed by atoms with Crippen LogP contribution in [0.25, 0.3) is 11.1 Å². The number of alkyl carbamates (subject to hydrolysis) is 1. The van der Waals surface area contributed by atoms with E-state index in [2.05, 4.69) is 53.3 Å². The van der Waals surface area contributed by atoms with Crippen molar-refractivity contribution in [2.45, 2.75) is 115 Å². The largest absolute Gasteiger partial charge is 0.445 e. The van der Waals surface area contributed by atoms with E-state index in [1.807, 2.05) is 69.3 Å². The van der Waals surface area contributed by atoms with Crippen LogP contribution in [0.15, 0.2) is 85.5 Å². The molecule has 3 N–H and O–H groups in total. The van der Waals surface area contributed by atoms with Gasteiger partial charge in [-0.15, -0.1) is 0 Å². The van der Waals surface area contributed by atoms with E-state index in [0.717, 1.165) is 52.6 Å². The Kier molecular flexibility index (Phi) is 12.7. The Morgan fingerprint density at radius 1 is 0.943 bits per heavy atom. The number of aliphatic hydroxyl groups is 1. The van der Waals surface area contributed by atoms with E-state index in [0.29, 0.717) is 25.0 Å². The molecule has 9 nitrogen and oxygen atoms in total. The summed E-state index contributed by atoms with van der Waals surface area (Å²) >= 11 is 0. The summed E-state index contributed by atoms with van der Waals surface area (Å²) in [6, 6.07) is 24.4. The van der Waals surface area contributed by atoms with Crippen LogP contribution in [0.3, 0.4) is 0 Å². The van der Waals surface area contributed by atoms with Crippen molar-refractivity contribution in [3.63, 3.8) is 0 Å². The van der Waals surface area contributed by atoms with Gasteiger partial charge >= 0.3 is 6.09 Å². The molecule has 0 spiro atoms. The van der Waals surface area contributed by atoms with E-state index in [1.165, 1.54) is 25.3 Å². The van der Waals surface area contributed by atoms with Gasteiger partial charge in [0.25, 0.3) is 0 Å². The van der Waals surface area contributed by atoms with E-state index in [1.54, 1.807) is 0 Å². The van der Waals surface area contributed by atoms with Gasteiger partial charge in [0, 0.05) is 36.2 Å². The van der Waals surface area contributed by atoms with Crippen LogP contribution >= 0.6 is 0 Å². The number of hydrogen-bond donors (Lipinski definition) is 3. The molecule has 3 aliphatic rings. The molecule has 0 aromatic heterocycles. The summed E-state index contributed by atoms with van der Waals surface area (Å²) in [5.41, 5.74) is 5.46. The number of hydrogen-bond acceptors (Lipinski definition) is 7. The molecular formula is C44H57N3O6. The third kappa shape index (κ3) is 9.57. The summed E-state index contributed by atoms with van der Waals surface area (Å²) in [6.45, 7) is 13.0. The van der Waals surface area contributed by atoms with Crippen LogP contribution in [0.5, 0.6) is 0 Å². The summed E-state index contributed by atoms with van der Waals surface area (Å²) in [5.74, 6) is 0.700. The zero-order valence-corrected chi connectivity index (χ0v) is 31.8. The van der Waals surface area contributed by atoms with E-state index in [4.69, 9.17) is 14.2 Å². The van der Waals surface area contributed by atoms with Gasteiger partial charge in [0.1, 0.15) is 6.61 Å². The third-order valence-electron chi connectivity index (χ3n) is 11.1. The van der Waals surface area contributed by atoms with Gasteiger partial charge in [0.15, 0.2) is 6.29 Å². The van der Waals surface area contributed by atoms with Gasteiger partial charge in [-0.3, -0.25) is 9.69 Å². The van der Waals surface area contributed by atoms with Gasteiger partial charge in [-0.05, 0) is 80.2 Å². The number of nitrogens with one attached hydrogen (secondary N) is 2. The lowest BCUT2D eigenvalue weighted by molar-refractivity contribution is -0.278. The minimum Gasteiger partial charge on any atom is -0.445 e. The fourth-order valence-corrected chi connectivity index (χ4v) is 8.39. The molecule has 2 aliphatic heterocycles. The van der Waals surface area contributed by atoms with Gasteiger partial charge < -0.3 is 30.0 Å². The Hall–Kier alpha value is -4.02. The van der Waals surface area contributed by atoms with Crippen molar-refractivity contribution in [2.24, 2.45) is 11.8 Å². The Bertz CT molecular complexity index is 1690. The van der Waals surface area contributed by atoms with Crippen LogP contribution in [0.1, 0.15) is 101 Å². The third-order valence-corrected chi connectivity index (χ3v) is 11.1. The fourth-order valence-electron chi connectivity index (χ4n) is 8.39. The number of carbonyl (C=O) groups is 2. The number of ether oxygens (including phenoxy) is 3. The standard InChI is InChI=1S/C44H57N3O6/c1-6-25-51-43(50)45-26-35-12-7-9-13-36(35)31-19-21-34(22-20-31)42-52-39(29(2)40(53-42)33-17-15-30(28-48)16-18-33)27-47-37-14-10-8-11-32(37)23-24-38(47)41(49)46-44(3,4)5/h6-7,9,12-13,15-22,29,32,37-40,42,48H,1,8,10-11,14,23-28H2,2-5H3,(H,45,50)(H,46,49)/t29-,32+,37+,38+,39+,40+,42+/m0/s1. The topological polar surface area (TPSA) is 109 Å². The maximum atomic E-state index is 13.9. The maximum absolute atomic E-state index is 13.9. The highest BCUT2D eigenvalue weighted by Crippen LogP contribution is 2.44. The molecule has 0 bridgehead atoms. The molecule has 53 heavy (non-hydrogen) atoms. The first kappa shape index (κ1) is 38.7. The Morgan fingerprint density at radius 2 is 1.66 bits per heavy atom. The van der Waals surface area contributed by atoms with E-state index in [9.17, 15) is 14.7 Å². The van der Waals surface area contributed by atoms with Crippen LogP contribution in [-0.2, 0) is 32.2 Å². The molecule has 2 amide bonds. The number of rotatable bonds is 11. The normalized spacial score (nSPS) is 26.2. The predicted molar refractivity (Wildman–Crippen MR) is 207 cm³/mol. The molecule has 2 saturated heterocycles. The average molecular weight is 724 g/mol. The highest BCUT2D eigenvalue weighted by atomic mass is 16.7. The molecular weight excluding hydrogens is 666 g/mol. The number of benzene rings is 3. The minimum atomic E-state index is -0.627. The van der Waals surface area contributed by atoms with Crippen LogP contribution in [-0.4, -0.2) is 58.9 Å². The highest BCUT2D eigenvalue weighted by molar-refractivity contribution is 5.82. The summed E-state index contributed by atoms with van der Waals surface area (Å²) < 4.78 is 18.9. The van der Waals surface area contributed by atoms with Crippen LogP contribution in [0.2, 0.25) is 0 Å². The molecule has 6 rings (SSSR count). The second-order valence-electron chi connectivity index (χ2n) is 16.0. The molecule has 2 heterocycles. The van der Waals surface area contributed by atoms with Crippen LogP contribution in [0, 0.1) is 11.8 Å². The summed E-state index contributed by atoms with van der Waals surface area (Å²) in [6.07, 6.45) is 6.66. The molecule has 9 heteroatoms. The first-order valence-corrected chi connectivity index (χ1v) is 19.3. The number of piperidine rings is 1. The zero-order valence-electron chi connectivity index (χ0n) is 31.8. The predicted octanol–water partition coefficient (Wildman–Crippen LogP) is 7.99. The number of nitrogens with zero attached hydrogens (tertiary/aromatic N) is 1. The number of aliphatic hydroxyl groups excluding tert-OH is 1. The van der Waals surface area contributed by atoms with Crippen molar-refractivity contribution in [1.29, 1.82) is 0 Å². The van der Waals surface area contributed by atoms with Crippen molar-refractivity contribution in [3.8, 4) is 11.1 Å². The second-order valence-corrected chi connectivity index (χ2v) is 16.0. The number of likely N-dealkylation sites (tertiary alicyclic amines) is 1. The minimum absolute atomic E-state index is 0.00154. The van der Waals surface area contributed by atoms with Crippen molar-refractivity contribution in [2.75, 3.05) is 13.2 Å². The maximum Gasteiger partial charge on any atom is 0.407 e. The van der Waals surface area contributed by atoms with Gasteiger partial charge in [-0.25, -0.2) is 4.79 Å². The van der Waals surface area contributed by atoms with Gasteiger partial charge in [-0.2, -0.15) is 0 Å². The van der Waals surface area contributed by atoms with Crippen molar-refractivity contribution in [1.82, 2.24) is 15.5 Å². The number of amides is 2. The van der Waals surface area contributed by atoms with Gasteiger partial charge in [-0.1, -0.05) is 105 Å². The Morgan fingerprint density at radius 3 is 2.38 bits per heavy atom. The monoisotopic (exact) mass is 723 g/mol. The number of fused-ring (bicyclic) bond motifs is 1. The molecule has 3 aromatic rings. The molecule has 1 saturated carbocycles. The summed E-state index contributed by atoms with van der Waals surface area (Å²) in [4.78, 5) is 28.5.